The fourth-order valence-corrected chi connectivity index (χ4v) is 5.21. The van der Waals surface area contributed by atoms with Crippen LogP contribution in [0.3, 0.4) is 0 Å². The molecule has 1 aliphatic heterocycles. The van der Waals surface area contributed by atoms with Gasteiger partial charge in [0.05, 0.1) is 22.8 Å². The summed E-state index contributed by atoms with van der Waals surface area (Å²) in [6.45, 7) is 2.06. The van der Waals surface area contributed by atoms with Crippen LogP contribution in [0.1, 0.15) is 16.7 Å². The maximum Gasteiger partial charge on any atom is 0.446 e. The molecular weight excluding hydrogens is 505 g/mol. The summed E-state index contributed by atoms with van der Waals surface area (Å²) in [7, 11) is -2.92. The molecule has 4 aromatic rings. The van der Waals surface area contributed by atoms with Crippen molar-refractivity contribution in [1.29, 1.82) is 5.26 Å². The summed E-state index contributed by atoms with van der Waals surface area (Å²) in [6.07, 6.45) is 0. The second-order valence-electron chi connectivity index (χ2n) is 8.44. The van der Waals surface area contributed by atoms with Gasteiger partial charge in [-0.1, -0.05) is 29.4 Å². The Bertz CT molecular complexity index is 1620. The SMILES string of the molecule is N#Cc1cc(-n2c(-c3nonc3NCc3ccc(CN4CCS(=O)(=O)CC4)cc3)noc2=O)ccc1F. The van der Waals surface area contributed by atoms with E-state index in [0.717, 1.165) is 21.8 Å². The van der Waals surface area contributed by atoms with Gasteiger partial charge in [-0.25, -0.2) is 26.8 Å². The molecule has 0 saturated carbocycles. The molecule has 3 heterocycles. The highest BCUT2D eigenvalue weighted by Crippen LogP contribution is 2.25. The first-order chi connectivity index (χ1) is 17.8. The molecule has 14 heteroatoms. The number of anilines is 1. The molecule has 190 valence electrons. The zero-order valence-electron chi connectivity index (χ0n) is 19.3. The van der Waals surface area contributed by atoms with Gasteiger partial charge in [0.2, 0.25) is 11.6 Å². The summed E-state index contributed by atoms with van der Waals surface area (Å²) in [5, 5.41) is 23.6. The van der Waals surface area contributed by atoms with E-state index in [1.165, 1.54) is 12.1 Å². The predicted octanol–water partition coefficient (Wildman–Crippen LogP) is 1.73. The lowest BCUT2D eigenvalue weighted by Gasteiger charge is -2.26. The molecule has 1 aliphatic rings. The zero-order valence-corrected chi connectivity index (χ0v) is 20.1. The van der Waals surface area contributed by atoms with E-state index in [1.54, 1.807) is 6.07 Å². The van der Waals surface area contributed by atoms with E-state index in [2.05, 4.69) is 25.7 Å². The average Bonchev–Trinajstić information content (AvgIpc) is 3.51. The Morgan fingerprint density at radius 3 is 2.51 bits per heavy atom. The summed E-state index contributed by atoms with van der Waals surface area (Å²) in [6, 6.07) is 13.1. The molecule has 0 amide bonds. The minimum Gasteiger partial charge on any atom is -0.361 e. The number of benzene rings is 2. The molecule has 1 fully saturated rings. The number of nitrogens with one attached hydrogen (secondary N) is 1. The Hall–Kier alpha value is -4.35. The van der Waals surface area contributed by atoms with E-state index in [9.17, 15) is 17.6 Å². The van der Waals surface area contributed by atoms with Crippen LogP contribution in [0.25, 0.3) is 17.2 Å². The highest BCUT2D eigenvalue weighted by Gasteiger charge is 2.24. The molecular formula is C23H20FN7O5S. The Labute approximate surface area is 209 Å². The van der Waals surface area contributed by atoms with Gasteiger partial charge in [0.15, 0.2) is 15.5 Å². The van der Waals surface area contributed by atoms with Crippen molar-refractivity contribution in [2.24, 2.45) is 0 Å². The molecule has 0 bridgehead atoms. The monoisotopic (exact) mass is 525 g/mol. The fraction of sp³-hybridized carbons (Fsp3) is 0.261. The normalized spacial score (nSPS) is 15.4. The van der Waals surface area contributed by atoms with E-state index >= 15 is 0 Å². The molecule has 37 heavy (non-hydrogen) atoms. The summed E-state index contributed by atoms with van der Waals surface area (Å²) < 4.78 is 47.6. The van der Waals surface area contributed by atoms with Gasteiger partial charge in [-0.15, -0.1) is 0 Å². The van der Waals surface area contributed by atoms with Gasteiger partial charge in [-0.3, -0.25) is 9.42 Å². The van der Waals surface area contributed by atoms with E-state index in [1.807, 2.05) is 24.3 Å². The Morgan fingerprint density at radius 2 is 1.78 bits per heavy atom. The van der Waals surface area contributed by atoms with Crippen molar-refractivity contribution < 1.29 is 22.0 Å². The maximum atomic E-state index is 13.8. The molecule has 0 aliphatic carbocycles. The molecule has 0 spiro atoms. The van der Waals surface area contributed by atoms with E-state index in [-0.39, 0.29) is 40.1 Å². The molecule has 1 N–H and O–H groups in total. The van der Waals surface area contributed by atoms with Crippen molar-refractivity contribution in [3.63, 3.8) is 0 Å². The largest absolute Gasteiger partial charge is 0.446 e. The van der Waals surface area contributed by atoms with Crippen LogP contribution >= 0.6 is 0 Å². The van der Waals surface area contributed by atoms with E-state index in [4.69, 9.17) is 14.4 Å². The third kappa shape index (κ3) is 5.27. The molecule has 2 aromatic heterocycles. The van der Waals surface area contributed by atoms with Gasteiger partial charge in [-0.2, -0.15) is 5.26 Å². The van der Waals surface area contributed by atoms with Crippen LogP contribution in [0.2, 0.25) is 0 Å². The first-order valence-electron chi connectivity index (χ1n) is 11.2. The average molecular weight is 526 g/mol. The number of hydrogen-bond acceptors (Lipinski definition) is 11. The van der Waals surface area contributed by atoms with Crippen LogP contribution in [0.15, 0.2) is 56.4 Å². The number of rotatable bonds is 7. The zero-order chi connectivity index (χ0) is 26.0. The third-order valence-corrected chi connectivity index (χ3v) is 7.57. The molecule has 12 nitrogen and oxygen atoms in total. The number of hydrogen-bond donors (Lipinski definition) is 1. The van der Waals surface area contributed by atoms with Gasteiger partial charge in [-0.05, 0) is 39.6 Å². The summed E-state index contributed by atoms with van der Waals surface area (Å²) in [5.41, 5.74) is 1.99. The molecule has 0 radical (unpaired) electrons. The minimum absolute atomic E-state index is 0.0388. The van der Waals surface area contributed by atoms with Crippen molar-refractivity contribution >= 4 is 15.7 Å². The fourth-order valence-electron chi connectivity index (χ4n) is 3.93. The first kappa shape index (κ1) is 24.3. The predicted molar refractivity (Wildman–Crippen MR) is 128 cm³/mol. The van der Waals surface area contributed by atoms with Crippen LogP contribution in [0.5, 0.6) is 0 Å². The Kier molecular flexibility index (Phi) is 6.55. The first-order valence-corrected chi connectivity index (χ1v) is 13.0. The number of halogens is 1. The number of nitriles is 1. The van der Waals surface area contributed by atoms with Crippen LogP contribution in [0.4, 0.5) is 10.2 Å². The third-order valence-electron chi connectivity index (χ3n) is 5.96. The second-order valence-corrected chi connectivity index (χ2v) is 10.7. The molecule has 2 aromatic carbocycles. The Morgan fingerprint density at radius 1 is 1.05 bits per heavy atom. The standard InChI is InChI=1S/C23H20FN7O5S/c24-19-6-5-18(11-17(19)12-25)31-22(29-35-23(31)32)20-21(28-36-27-20)26-13-15-1-3-16(4-2-15)14-30-7-9-37(33,34)10-8-30/h1-6,11H,7-10,13-14H2,(H,26,28). The van der Waals surface area contributed by atoms with Gasteiger partial charge in [0.1, 0.15) is 11.9 Å². The quantitative estimate of drug-likeness (QED) is 0.374. The lowest BCUT2D eigenvalue weighted by Crippen LogP contribution is -2.39. The molecule has 1 saturated heterocycles. The van der Waals surface area contributed by atoms with E-state index in [0.29, 0.717) is 26.2 Å². The molecule has 0 atom stereocenters. The topological polar surface area (TPSA) is 160 Å². The molecule has 0 unspecified atom stereocenters. The number of aromatic nitrogens is 4. The number of sulfone groups is 1. The van der Waals surface area contributed by atoms with Crippen molar-refractivity contribution in [1.82, 2.24) is 24.9 Å². The maximum absolute atomic E-state index is 13.8. The van der Waals surface area contributed by atoms with Crippen LogP contribution in [-0.2, 0) is 22.9 Å². The van der Waals surface area contributed by atoms with Gasteiger partial charge in [0.25, 0.3) is 0 Å². The number of nitrogens with zero attached hydrogens (tertiary/aromatic N) is 6. The molecule has 5 rings (SSSR count). The van der Waals surface area contributed by atoms with Crippen molar-refractivity contribution in [2.45, 2.75) is 13.1 Å². The summed E-state index contributed by atoms with van der Waals surface area (Å²) in [4.78, 5) is 14.5. The summed E-state index contributed by atoms with van der Waals surface area (Å²) >= 11 is 0. The van der Waals surface area contributed by atoms with Crippen LogP contribution < -0.4 is 11.1 Å². The van der Waals surface area contributed by atoms with Crippen molar-refractivity contribution in [2.75, 3.05) is 29.9 Å². The highest BCUT2D eigenvalue weighted by atomic mass is 32.2. The smallest absolute Gasteiger partial charge is 0.361 e. The highest BCUT2D eigenvalue weighted by molar-refractivity contribution is 7.91. The lowest BCUT2D eigenvalue weighted by atomic mass is 10.1. The van der Waals surface area contributed by atoms with Crippen LogP contribution in [-0.4, -0.2) is 58.0 Å². The van der Waals surface area contributed by atoms with Crippen LogP contribution in [0, 0.1) is 17.1 Å². The Balaban J connectivity index is 1.29. The summed E-state index contributed by atoms with van der Waals surface area (Å²) in [5.74, 6) is -1.06. The van der Waals surface area contributed by atoms with Gasteiger partial charge in [0, 0.05) is 26.2 Å². The second kappa shape index (κ2) is 9.96. The van der Waals surface area contributed by atoms with Crippen molar-refractivity contribution in [3.8, 4) is 23.3 Å². The minimum atomic E-state index is -2.92. The van der Waals surface area contributed by atoms with Gasteiger partial charge < -0.3 is 5.32 Å². The van der Waals surface area contributed by atoms with E-state index < -0.39 is 21.4 Å². The van der Waals surface area contributed by atoms with Gasteiger partial charge >= 0.3 is 5.76 Å². The van der Waals surface area contributed by atoms with Crippen molar-refractivity contribution in [3.05, 3.63) is 75.5 Å². The lowest BCUT2D eigenvalue weighted by molar-refractivity contribution is 0.287.